The number of benzene rings is 2. The number of rotatable bonds is 4. The molecule has 0 heterocycles. The van der Waals surface area contributed by atoms with E-state index in [-0.39, 0.29) is 0 Å². The molecule has 0 bridgehead atoms. The second kappa shape index (κ2) is 6.70. The molecule has 0 spiro atoms. The van der Waals surface area contributed by atoms with Crippen LogP contribution in [0, 0.1) is 11.3 Å². The summed E-state index contributed by atoms with van der Waals surface area (Å²) in [5.41, 5.74) is 1.83. The van der Waals surface area contributed by atoms with E-state index in [4.69, 9.17) is 21.1 Å². The van der Waals surface area contributed by atoms with Crippen LogP contribution < -0.4 is 14.8 Å². The topological polar surface area (TPSA) is 54.3 Å². The first-order chi connectivity index (χ1) is 10.1. The maximum absolute atomic E-state index is 9.25. The van der Waals surface area contributed by atoms with Gasteiger partial charge in [0.1, 0.15) is 17.6 Å². The largest absolute Gasteiger partial charge is 0.495 e. The molecule has 108 valence electrons. The third kappa shape index (κ3) is 3.23. The Hall–Kier alpha value is -1.90. The number of nitrogens with one attached hydrogen (secondary N) is 1. The molecule has 0 aliphatic carbocycles. The van der Waals surface area contributed by atoms with Gasteiger partial charge in [-0.1, -0.05) is 17.7 Å². The molecular formula is C15H12BrClN2O2. The van der Waals surface area contributed by atoms with Crippen molar-refractivity contribution in [2.24, 2.45) is 0 Å². The molecule has 2 aromatic rings. The highest BCUT2D eigenvalue weighted by molar-refractivity contribution is 9.10. The summed E-state index contributed by atoms with van der Waals surface area (Å²) >= 11 is 9.43. The number of nitriles is 1. The summed E-state index contributed by atoms with van der Waals surface area (Å²) in [4.78, 5) is 0. The SMILES string of the molecule is COc1cc(Nc2cccc(Br)c2C#N)c(OC)cc1Cl. The quantitative estimate of drug-likeness (QED) is 0.848. The van der Waals surface area contributed by atoms with Gasteiger partial charge in [-0.3, -0.25) is 0 Å². The summed E-state index contributed by atoms with van der Waals surface area (Å²) in [5.74, 6) is 1.08. The van der Waals surface area contributed by atoms with Crippen molar-refractivity contribution in [2.75, 3.05) is 19.5 Å². The van der Waals surface area contributed by atoms with Crippen LogP contribution in [0.3, 0.4) is 0 Å². The Labute approximate surface area is 136 Å². The van der Waals surface area contributed by atoms with E-state index in [1.54, 1.807) is 19.2 Å². The van der Waals surface area contributed by atoms with Crippen molar-refractivity contribution in [2.45, 2.75) is 0 Å². The van der Waals surface area contributed by atoms with Gasteiger partial charge >= 0.3 is 0 Å². The Balaban J connectivity index is 2.49. The molecule has 2 aromatic carbocycles. The lowest BCUT2D eigenvalue weighted by Gasteiger charge is -2.15. The molecule has 1 N–H and O–H groups in total. The molecule has 0 aliphatic heterocycles. The highest BCUT2D eigenvalue weighted by Gasteiger charge is 2.12. The Bertz CT molecular complexity index is 714. The minimum Gasteiger partial charge on any atom is -0.495 e. The lowest BCUT2D eigenvalue weighted by molar-refractivity contribution is 0.405. The molecule has 0 radical (unpaired) electrons. The zero-order valence-corrected chi connectivity index (χ0v) is 13.7. The van der Waals surface area contributed by atoms with E-state index < -0.39 is 0 Å². The van der Waals surface area contributed by atoms with Gasteiger partial charge < -0.3 is 14.8 Å². The Morgan fingerprint density at radius 2 is 1.86 bits per heavy atom. The third-order valence-corrected chi connectivity index (χ3v) is 3.82. The molecule has 0 saturated carbocycles. The van der Waals surface area contributed by atoms with Crippen LogP contribution in [0.5, 0.6) is 11.5 Å². The van der Waals surface area contributed by atoms with Crippen LogP contribution in [0.4, 0.5) is 11.4 Å². The lowest BCUT2D eigenvalue weighted by Crippen LogP contribution is -1.98. The maximum Gasteiger partial charge on any atom is 0.144 e. The molecule has 0 fully saturated rings. The first-order valence-electron chi connectivity index (χ1n) is 5.98. The minimum atomic E-state index is 0.453. The number of hydrogen-bond donors (Lipinski definition) is 1. The van der Waals surface area contributed by atoms with Crippen LogP contribution in [-0.2, 0) is 0 Å². The van der Waals surface area contributed by atoms with Crippen LogP contribution >= 0.6 is 27.5 Å². The van der Waals surface area contributed by atoms with E-state index in [0.717, 1.165) is 4.47 Å². The normalized spacial score (nSPS) is 9.86. The van der Waals surface area contributed by atoms with Gasteiger partial charge in [0.2, 0.25) is 0 Å². The van der Waals surface area contributed by atoms with Gasteiger partial charge in [0.05, 0.1) is 36.2 Å². The summed E-state index contributed by atoms with van der Waals surface area (Å²) in [7, 11) is 3.09. The van der Waals surface area contributed by atoms with Gasteiger partial charge in [-0.2, -0.15) is 5.26 Å². The average molecular weight is 368 g/mol. The summed E-state index contributed by atoms with van der Waals surface area (Å²) in [6.07, 6.45) is 0. The van der Waals surface area contributed by atoms with Gasteiger partial charge in [0, 0.05) is 16.6 Å². The van der Waals surface area contributed by atoms with E-state index in [1.807, 2.05) is 18.2 Å². The average Bonchev–Trinajstić information content (AvgIpc) is 2.48. The molecule has 21 heavy (non-hydrogen) atoms. The number of anilines is 2. The Kier molecular flexibility index (Phi) is 4.94. The highest BCUT2D eigenvalue weighted by Crippen LogP contribution is 2.38. The van der Waals surface area contributed by atoms with Gasteiger partial charge in [-0.25, -0.2) is 0 Å². The van der Waals surface area contributed by atoms with Crippen LogP contribution in [-0.4, -0.2) is 14.2 Å². The van der Waals surface area contributed by atoms with Gasteiger partial charge in [0.15, 0.2) is 0 Å². The fourth-order valence-corrected chi connectivity index (χ4v) is 2.53. The van der Waals surface area contributed by atoms with Crippen LogP contribution in [0.15, 0.2) is 34.8 Å². The van der Waals surface area contributed by atoms with E-state index >= 15 is 0 Å². The molecule has 0 unspecified atom stereocenters. The summed E-state index contributed by atoms with van der Waals surface area (Å²) in [6, 6.07) is 11.0. The van der Waals surface area contributed by atoms with Crippen molar-refractivity contribution >= 4 is 38.9 Å². The van der Waals surface area contributed by atoms with Crippen molar-refractivity contribution in [3.05, 3.63) is 45.4 Å². The Morgan fingerprint density at radius 3 is 2.48 bits per heavy atom. The van der Waals surface area contributed by atoms with Gasteiger partial charge in [0.25, 0.3) is 0 Å². The third-order valence-electron chi connectivity index (χ3n) is 2.87. The molecule has 4 nitrogen and oxygen atoms in total. The van der Waals surface area contributed by atoms with Gasteiger partial charge in [-0.05, 0) is 28.1 Å². The lowest BCUT2D eigenvalue weighted by atomic mass is 10.2. The second-order valence-electron chi connectivity index (χ2n) is 4.09. The van der Waals surface area contributed by atoms with E-state index in [2.05, 4.69) is 27.3 Å². The molecule has 0 atom stereocenters. The monoisotopic (exact) mass is 366 g/mol. The minimum absolute atomic E-state index is 0.453. The number of ether oxygens (including phenoxy) is 2. The fraction of sp³-hybridized carbons (Fsp3) is 0.133. The van der Waals surface area contributed by atoms with E-state index in [1.165, 1.54) is 7.11 Å². The zero-order valence-electron chi connectivity index (χ0n) is 11.4. The number of halogens is 2. The maximum atomic E-state index is 9.25. The molecule has 6 heteroatoms. The van der Waals surface area contributed by atoms with Crippen molar-refractivity contribution in [1.29, 1.82) is 5.26 Å². The number of nitrogens with zero attached hydrogens (tertiary/aromatic N) is 1. The highest BCUT2D eigenvalue weighted by atomic mass is 79.9. The van der Waals surface area contributed by atoms with Crippen LogP contribution in [0.2, 0.25) is 5.02 Å². The molecule has 0 saturated heterocycles. The smallest absolute Gasteiger partial charge is 0.144 e. The predicted molar refractivity (Wildman–Crippen MR) is 86.7 cm³/mol. The zero-order chi connectivity index (χ0) is 15.4. The molecule has 0 aromatic heterocycles. The standard InChI is InChI=1S/C15H12BrClN2O2/c1-20-14-7-13(15(21-2)6-11(14)17)19-12-5-3-4-10(16)9(12)8-18/h3-7,19H,1-2H3. The fourth-order valence-electron chi connectivity index (χ4n) is 1.85. The first kappa shape index (κ1) is 15.5. The Morgan fingerprint density at radius 1 is 1.14 bits per heavy atom. The molecule has 0 aliphatic rings. The van der Waals surface area contributed by atoms with Gasteiger partial charge in [-0.15, -0.1) is 0 Å². The van der Waals surface area contributed by atoms with E-state index in [0.29, 0.717) is 33.5 Å². The second-order valence-corrected chi connectivity index (χ2v) is 5.35. The first-order valence-corrected chi connectivity index (χ1v) is 7.15. The summed E-state index contributed by atoms with van der Waals surface area (Å²) in [5, 5.41) is 12.9. The van der Waals surface area contributed by atoms with Crippen molar-refractivity contribution in [3.63, 3.8) is 0 Å². The number of methoxy groups -OCH3 is 2. The van der Waals surface area contributed by atoms with E-state index in [9.17, 15) is 5.26 Å². The van der Waals surface area contributed by atoms with Crippen molar-refractivity contribution in [1.82, 2.24) is 0 Å². The summed E-state index contributed by atoms with van der Waals surface area (Å²) in [6.45, 7) is 0. The number of hydrogen-bond acceptors (Lipinski definition) is 4. The van der Waals surface area contributed by atoms with Crippen LogP contribution in [0.25, 0.3) is 0 Å². The summed E-state index contributed by atoms with van der Waals surface area (Å²) < 4.78 is 11.2. The molecular weight excluding hydrogens is 356 g/mol. The predicted octanol–water partition coefficient (Wildman–Crippen LogP) is 4.73. The van der Waals surface area contributed by atoms with Crippen molar-refractivity contribution < 1.29 is 9.47 Å². The molecule has 0 amide bonds. The molecule has 2 rings (SSSR count). The van der Waals surface area contributed by atoms with Crippen molar-refractivity contribution in [3.8, 4) is 17.6 Å². The van der Waals surface area contributed by atoms with Crippen LogP contribution in [0.1, 0.15) is 5.56 Å².